The number of benzene rings is 1. The monoisotopic (exact) mass is 353 g/mol. The number of ether oxygens (including phenoxy) is 1. The van der Waals surface area contributed by atoms with Gasteiger partial charge in [-0.25, -0.2) is 0 Å². The zero-order valence-corrected chi connectivity index (χ0v) is 14.2. The molecule has 1 fully saturated rings. The summed E-state index contributed by atoms with van der Waals surface area (Å²) in [5, 5.41) is 14.6. The zero-order valence-electron chi connectivity index (χ0n) is 12.5. The van der Waals surface area contributed by atoms with Gasteiger partial charge in [0.2, 0.25) is 5.13 Å². The second-order valence-electron chi connectivity index (χ2n) is 5.41. The number of methoxy groups -OCH3 is 1. The first-order chi connectivity index (χ1) is 11.0. The Labute approximate surface area is 141 Å². The van der Waals surface area contributed by atoms with Crippen LogP contribution < -0.4 is 14.8 Å². The van der Waals surface area contributed by atoms with Gasteiger partial charge in [-0.3, -0.25) is 14.8 Å². The molecule has 1 aliphatic rings. The van der Waals surface area contributed by atoms with Gasteiger partial charge in [-0.1, -0.05) is 0 Å². The maximum atomic E-state index is 11.2. The van der Waals surface area contributed by atoms with Crippen LogP contribution in [0.1, 0.15) is 19.8 Å². The highest BCUT2D eigenvalue weighted by atomic mass is 32.2. The number of nitro benzene ring substituents is 1. The van der Waals surface area contributed by atoms with Gasteiger partial charge in [-0.15, -0.1) is 4.37 Å². The molecule has 122 valence electrons. The van der Waals surface area contributed by atoms with Crippen LogP contribution in [0.2, 0.25) is 0 Å². The lowest BCUT2D eigenvalue weighted by molar-refractivity contribution is -0.384. The molecule has 0 saturated heterocycles. The smallest absolute Gasteiger partial charge is 0.329 e. The van der Waals surface area contributed by atoms with Crippen LogP contribution in [0, 0.1) is 10.1 Å². The topological polar surface area (TPSA) is 102 Å². The van der Waals surface area contributed by atoms with E-state index < -0.39 is 4.92 Å². The summed E-state index contributed by atoms with van der Waals surface area (Å²) in [5.41, 5.74) is 0.537. The highest BCUT2D eigenvalue weighted by Gasteiger charge is 2.37. The summed E-state index contributed by atoms with van der Waals surface area (Å²) < 4.78 is 12.3. The van der Waals surface area contributed by atoms with Gasteiger partial charge in [0.15, 0.2) is 0 Å². The first-order valence-electron chi connectivity index (χ1n) is 6.86. The van der Waals surface area contributed by atoms with Gasteiger partial charge in [-0.2, -0.15) is 4.98 Å². The number of anilines is 2. The molecule has 10 heteroatoms. The molecule has 1 aromatic heterocycles. The van der Waals surface area contributed by atoms with Crippen molar-refractivity contribution >= 4 is 40.0 Å². The van der Waals surface area contributed by atoms with E-state index in [0.717, 1.165) is 29.3 Å². The average molecular weight is 353 g/mol. The van der Waals surface area contributed by atoms with Crippen LogP contribution in [0.25, 0.3) is 0 Å². The molecular formula is C13H15N5O3S2. The van der Waals surface area contributed by atoms with Gasteiger partial charge in [0.25, 0.3) is 5.69 Å². The molecule has 0 atom stereocenters. The first kappa shape index (κ1) is 16.0. The van der Waals surface area contributed by atoms with Gasteiger partial charge < -0.3 is 10.1 Å². The van der Waals surface area contributed by atoms with Crippen molar-refractivity contribution < 1.29 is 9.66 Å². The Hall–Kier alpha value is -1.91. The van der Waals surface area contributed by atoms with E-state index in [4.69, 9.17) is 4.74 Å². The highest BCUT2D eigenvalue weighted by molar-refractivity contribution is 7.97. The molecule has 2 N–H and O–H groups in total. The molecule has 2 aromatic rings. The second-order valence-corrected chi connectivity index (χ2v) is 7.04. The predicted octanol–water partition coefficient (Wildman–Crippen LogP) is 3.35. The third kappa shape index (κ3) is 3.89. The largest absolute Gasteiger partial charge is 0.466 e. The molecule has 0 spiro atoms. The van der Waals surface area contributed by atoms with Gasteiger partial charge in [-0.05, 0) is 43.8 Å². The van der Waals surface area contributed by atoms with E-state index in [2.05, 4.69) is 26.3 Å². The quantitative estimate of drug-likeness (QED) is 0.444. The Morgan fingerprint density at radius 2 is 2.26 bits per heavy atom. The highest BCUT2D eigenvalue weighted by Crippen LogP contribution is 2.39. The van der Waals surface area contributed by atoms with Crippen molar-refractivity contribution in [1.29, 1.82) is 0 Å². The van der Waals surface area contributed by atoms with Crippen LogP contribution in [0.5, 0.6) is 6.01 Å². The number of rotatable bonds is 7. The van der Waals surface area contributed by atoms with E-state index in [1.807, 2.05) is 0 Å². The van der Waals surface area contributed by atoms with Crippen LogP contribution in [-0.4, -0.2) is 26.9 Å². The molecule has 0 amide bonds. The predicted molar refractivity (Wildman–Crippen MR) is 89.5 cm³/mol. The molecule has 1 aliphatic carbocycles. The van der Waals surface area contributed by atoms with E-state index in [0.29, 0.717) is 10.8 Å². The van der Waals surface area contributed by atoms with E-state index in [9.17, 15) is 10.1 Å². The molecule has 0 unspecified atom stereocenters. The number of aromatic nitrogens is 2. The van der Waals surface area contributed by atoms with Crippen molar-refractivity contribution in [3.8, 4) is 6.01 Å². The van der Waals surface area contributed by atoms with Crippen LogP contribution in [-0.2, 0) is 0 Å². The number of nitrogens with one attached hydrogen (secondary N) is 2. The van der Waals surface area contributed by atoms with Crippen LogP contribution in [0.15, 0.2) is 23.1 Å². The number of nitrogens with zero attached hydrogens (tertiary/aromatic N) is 3. The summed E-state index contributed by atoms with van der Waals surface area (Å²) in [4.78, 5) is 15.7. The van der Waals surface area contributed by atoms with Crippen molar-refractivity contribution in [2.75, 3.05) is 12.4 Å². The minimum Gasteiger partial charge on any atom is -0.466 e. The normalized spacial score (nSPS) is 15.2. The zero-order chi connectivity index (χ0) is 16.4. The van der Waals surface area contributed by atoms with Gasteiger partial charge in [0, 0.05) is 28.0 Å². The molecule has 1 saturated carbocycles. The standard InChI is InChI=1S/C13H15N5O3S2/c1-13(5-6-13)17-22-8-3-4-10(18(19)20)9(7-8)14-12-15-11(21-2)16-23-12/h3-4,7,17H,5-6H2,1-2H3,(H,14,15,16). The van der Waals surface area contributed by atoms with Crippen molar-refractivity contribution in [1.82, 2.24) is 14.1 Å². The summed E-state index contributed by atoms with van der Waals surface area (Å²) in [6.07, 6.45) is 2.28. The van der Waals surface area contributed by atoms with Crippen molar-refractivity contribution in [2.24, 2.45) is 0 Å². The van der Waals surface area contributed by atoms with E-state index in [1.165, 1.54) is 25.1 Å². The van der Waals surface area contributed by atoms with E-state index >= 15 is 0 Å². The fourth-order valence-corrected chi connectivity index (χ4v) is 3.20. The van der Waals surface area contributed by atoms with Crippen molar-refractivity contribution in [2.45, 2.75) is 30.2 Å². The number of nitro groups is 1. The molecule has 0 radical (unpaired) electrons. The van der Waals surface area contributed by atoms with Crippen molar-refractivity contribution in [3.63, 3.8) is 0 Å². The Balaban J connectivity index is 1.80. The van der Waals surface area contributed by atoms with Gasteiger partial charge >= 0.3 is 6.01 Å². The first-order valence-corrected chi connectivity index (χ1v) is 8.45. The maximum Gasteiger partial charge on any atom is 0.329 e. The van der Waals surface area contributed by atoms with Crippen molar-refractivity contribution in [3.05, 3.63) is 28.3 Å². The molecule has 23 heavy (non-hydrogen) atoms. The third-order valence-corrected chi connectivity index (χ3v) is 5.11. The Morgan fingerprint density at radius 1 is 1.48 bits per heavy atom. The van der Waals surface area contributed by atoms with Gasteiger partial charge in [0.05, 0.1) is 12.0 Å². The van der Waals surface area contributed by atoms with E-state index in [-0.39, 0.29) is 17.2 Å². The van der Waals surface area contributed by atoms with Gasteiger partial charge in [0.1, 0.15) is 5.69 Å². The lowest BCUT2D eigenvalue weighted by Gasteiger charge is -2.11. The third-order valence-electron chi connectivity index (χ3n) is 3.41. The van der Waals surface area contributed by atoms with E-state index in [1.54, 1.807) is 12.1 Å². The molecule has 8 nitrogen and oxygen atoms in total. The molecule has 3 rings (SSSR count). The summed E-state index contributed by atoms with van der Waals surface area (Å²) in [7, 11) is 1.47. The van der Waals surface area contributed by atoms with Crippen LogP contribution in [0.3, 0.4) is 0 Å². The fraction of sp³-hybridized carbons (Fsp3) is 0.385. The Kier molecular flexibility index (Phi) is 4.37. The van der Waals surface area contributed by atoms with Crippen LogP contribution >= 0.6 is 23.5 Å². The molecule has 0 aliphatic heterocycles. The number of hydrogen-bond acceptors (Lipinski definition) is 9. The summed E-state index contributed by atoms with van der Waals surface area (Å²) in [5.74, 6) is 0. The minimum absolute atomic E-state index is 0.0128. The molecule has 1 aromatic carbocycles. The summed E-state index contributed by atoms with van der Waals surface area (Å²) in [6.45, 7) is 2.15. The summed E-state index contributed by atoms with van der Waals surface area (Å²) in [6, 6.07) is 5.18. The number of hydrogen-bond donors (Lipinski definition) is 2. The summed E-state index contributed by atoms with van der Waals surface area (Å²) >= 11 is 2.56. The maximum absolute atomic E-state index is 11.2. The van der Waals surface area contributed by atoms with Crippen LogP contribution in [0.4, 0.5) is 16.5 Å². The minimum atomic E-state index is -0.426. The fourth-order valence-electron chi connectivity index (χ4n) is 1.77. The lowest BCUT2D eigenvalue weighted by Crippen LogP contribution is -2.19. The second kappa shape index (κ2) is 6.30. The molecule has 0 bridgehead atoms. The SMILES string of the molecule is COc1nsc(Nc2cc(SNC3(C)CC3)ccc2[N+](=O)[O-])n1. The molecule has 1 heterocycles. The Morgan fingerprint density at radius 3 is 2.87 bits per heavy atom. The lowest BCUT2D eigenvalue weighted by atomic mass is 10.2. The Bertz CT molecular complexity index is 732. The molecular weight excluding hydrogens is 338 g/mol. The average Bonchev–Trinajstić information content (AvgIpc) is 3.09.